The summed E-state index contributed by atoms with van der Waals surface area (Å²) in [5.41, 5.74) is 0. The van der Waals surface area contributed by atoms with Gasteiger partial charge in [-0.15, -0.1) is 0 Å². The maximum Gasteiger partial charge on any atom is 0.222 e. The van der Waals surface area contributed by atoms with Gasteiger partial charge in [-0.05, 0) is 48.8 Å². The van der Waals surface area contributed by atoms with Crippen LogP contribution >= 0.6 is 15.9 Å². The predicted octanol–water partition coefficient (Wildman–Crippen LogP) is 2.14. The van der Waals surface area contributed by atoms with Crippen molar-refractivity contribution in [3.05, 3.63) is 16.9 Å². The average Bonchev–Trinajstić information content (AvgIpc) is 2.74. The molecule has 1 aromatic rings. The third-order valence-corrected chi connectivity index (χ3v) is 3.14. The van der Waals surface area contributed by atoms with E-state index in [0.29, 0.717) is 12.0 Å². The van der Waals surface area contributed by atoms with Gasteiger partial charge < -0.3 is 10.2 Å². The molecule has 5 heteroatoms. The summed E-state index contributed by atoms with van der Waals surface area (Å²) in [6, 6.07) is 0.388. The number of rotatable bonds is 4. The number of nitrogens with zero attached hydrogens (tertiary/aromatic N) is 3. The maximum absolute atomic E-state index is 4.21. The molecule has 0 bridgehead atoms. The van der Waals surface area contributed by atoms with Crippen LogP contribution in [0.2, 0.25) is 0 Å². The van der Waals surface area contributed by atoms with Gasteiger partial charge in [-0.2, -0.15) is 0 Å². The van der Waals surface area contributed by atoms with E-state index in [9.17, 15) is 0 Å². The van der Waals surface area contributed by atoms with E-state index in [1.165, 1.54) is 25.9 Å². The van der Waals surface area contributed by atoms with Crippen LogP contribution in [0, 0.1) is 0 Å². The zero-order valence-electron chi connectivity index (χ0n) is 9.49. The lowest BCUT2D eigenvalue weighted by atomic mass is 10.3. The zero-order chi connectivity index (χ0) is 11.4. The fraction of sp³-hybridized carbons (Fsp3) is 0.636. The summed E-state index contributed by atoms with van der Waals surface area (Å²) in [6.07, 6.45) is 6.19. The number of nitrogens with one attached hydrogen (secondary N) is 1. The molecule has 2 heterocycles. The van der Waals surface area contributed by atoms with Crippen LogP contribution in [-0.2, 0) is 0 Å². The quantitative estimate of drug-likeness (QED) is 0.920. The summed E-state index contributed by atoms with van der Waals surface area (Å²) in [4.78, 5) is 10.9. The third-order valence-electron chi connectivity index (χ3n) is 2.73. The van der Waals surface area contributed by atoms with Crippen LogP contribution < -0.4 is 5.32 Å². The van der Waals surface area contributed by atoms with Crippen molar-refractivity contribution in [3.63, 3.8) is 0 Å². The van der Waals surface area contributed by atoms with Crippen molar-refractivity contribution in [3.8, 4) is 0 Å². The van der Waals surface area contributed by atoms with E-state index in [4.69, 9.17) is 0 Å². The molecule has 1 atom stereocenters. The topological polar surface area (TPSA) is 41.0 Å². The number of halogens is 1. The first-order chi connectivity index (χ1) is 7.74. The highest BCUT2D eigenvalue weighted by atomic mass is 79.9. The fourth-order valence-corrected chi connectivity index (χ4v) is 2.21. The van der Waals surface area contributed by atoms with Gasteiger partial charge in [0.05, 0.1) is 4.47 Å². The van der Waals surface area contributed by atoms with Crippen molar-refractivity contribution < 1.29 is 0 Å². The van der Waals surface area contributed by atoms with Crippen LogP contribution in [-0.4, -0.2) is 40.5 Å². The molecular formula is C11H17BrN4. The highest BCUT2D eigenvalue weighted by molar-refractivity contribution is 9.10. The number of likely N-dealkylation sites (tertiary alicyclic amines) is 1. The molecule has 0 spiro atoms. The van der Waals surface area contributed by atoms with Crippen LogP contribution in [0.4, 0.5) is 5.95 Å². The number of hydrogen-bond donors (Lipinski definition) is 1. The average molecular weight is 285 g/mol. The van der Waals surface area contributed by atoms with Gasteiger partial charge in [0.2, 0.25) is 5.95 Å². The molecule has 1 aromatic heterocycles. The van der Waals surface area contributed by atoms with Crippen molar-refractivity contribution in [2.24, 2.45) is 0 Å². The first-order valence-electron chi connectivity index (χ1n) is 5.70. The molecule has 0 radical (unpaired) electrons. The fourth-order valence-electron chi connectivity index (χ4n) is 2.01. The Bertz CT molecular complexity index is 321. The standard InChI is InChI=1S/C11H17BrN4/c1-9(8-16-4-2-3-5-16)15-11-13-6-10(12)7-14-11/h6-7,9H,2-5,8H2,1H3,(H,13,14,15). The summed E-state index contributed by atoms with van der Waals surface area (Å²) in [5.74, 6) is 0.704. The number of aromatic nitrogens is 2. The second-order valence-corrected chi connectivity index (χ2v) is 5.19. The molecule has 1 saturated heterocycles. The lowest BCUT2D eigenvalue weighted by Gasteiger charge is -2.20. The van der Waals surface area contributed by atoms with Crippen molar-refractivity contribution >= 4 is 21.9 Å². The molecule has 1 N–H and O–H groups in total. The Hall–Kier alpha value is -0.680. The second kappa shape index (κ2) is 5.59. The number of hydrogen-bond acceptors (Lipinski definition) is 4. The Morgan fingerprint density at radius 3 is 2.62 bits per heavy atom. The van der Waals surface area contributed by atoms with E-state index in [-0.39, 0.29) is 0 Å². The van der Waals surface area contributed by atoms with Crippen molar-refractivity contribution in [1.29, 1.82) is 0 Å². The summed E-state index contributed by atoms with van der Waals surface area (Å²) in [7, 11) is 0. The first kappa shape index (κ1) is 11.8. The monoisotopic (exact) mass is 284 g/mol. The van der Waals surface area contributed by atoms with E-state index >= 15 is 0 Å². The highest BCUT2D eigenvalue weighted by Gasteiger charge is 2.14. The van der Waals surface area contributed by atoms with Crippen LogP contribution in [0.5, 0.6) is 0 Å². The summed E-state index contributed by atoms with van der Waals surface area (Å²) in [5, 5.41) is 3.31. The Morgan fingerprint density at radius 1 is 1.38 bits per heavy atom. The lowest BCUT2D eigenvalue weighted by Crippen LogP contribution is -2.33. The molecule has 0 saturated carbocycles. The van der Waals surface area contributed by atoms with E-state index in [2.05, 4.69) is 43.0 Å². The third kappa shape index (κ3) is 3.42. The van der Waals surface area contributed by atoms with Crippen LogP contribution in [0.25, 0.3) is 0 Å². The number of anilines is 1. The van der Waals surface area contributed by atoms with Gasteiger partial charge in [0.25, 0.3) is 0 Å². The van der Waals surface area contributed by atoms with Crippen molar-refractivity contribution in [1.82, 2.24) is 14.9 Å². The minimum Gasteiger partial charge on any atom is -0.350 e. The van der Waals surface area contributed by atoms with Crippen LogP contribution in [0.15, 0.2) is 16.9 Å². The van der Waals surface area contributed by atoms with Gasteiger partial charge in [0.15, 0.2) is 0 Å². The highest BCUT2D eigenvalue weighted by Crippen LogP contribution is 2.10. The Labute approximate surface area is 105 Å². The molecule has 1 unspecified atom stereocenters. The summed E-state index contributed by atoms with van der Waals surface area (Å²) in [6.45, 7) is 5.70. The normalized spacial score (nSPS) is 18.6. The van der Waals surface area contributed by atoms with E-state index in [0.717, 1.165) is 11.0 Å². The minimum absolute atomic E-state index is 0.388. The van der Waals surface area contributed by atoms with Gasteiger partial charge in [-0.3, -0.25) is 0 Å². The molecule has 1 fully saturated rings. The maximum atomic E-state index is 4.21. The molecule has 0 amide bonds. The minimum atomic E-state index is 0.388. The zero-order valence-corrected chi connectivity index (χ0v) is 11.1. The first-order valence-corrected chi connectivity index (χ1v) is 6.50. The molecule has 16 heavy (non-hydrogen) atoms. The van der Waals surface area contributed by atoms with Gasteiger partial charge in [-0.25, -0.2) is 9.97 Å². The molecule has 2 rings (SSSR count). The summed E-state index contributed by atoms with van der Waals surface area (Å²) < 4.78 is 0.908. The molecule has 0 aromatic carbocycles. The predicted molar refractivity (Wildman–Crippen MR) is 68.5 cm³/mol. The van der Waals surface area contributed by atoms with Crippen LogP contribution in [0.3, 0.4) is 0 Å². The Morgan fingerprint density at radius 2 is 2.00 bits per heavy atom. The molecule has 0 aliphatic carbocycles. The molecular weight excluding hydrogens is 268 g/mol. The Kier molecular flexibility index (Phi) is 4.12. The Balaban J connectivity index is 1.81. The van der Waals surface area contributed by atoms with E-state index < -0.39 is 0 Å². The van der Waals surface area contributed by atoms with Gasteiger partial charge >= 0.3 is 0 Å². The lowest BCUT2D eigenvalue weighted by molar-refractivity contribution is 0.327. The SMILES string of the molecule is CC(CN1CCCC1)Nc1ncc(Br)cn1. The van der Waals surface area contributed by atoms with Gasteiger partial charge in [-0.1, -0.05) is 0 Å². The smallest absolute Gasteiger partial charge is 0.222 e. The molecule has 1 aliphatic heterocycles. The van der Waals surface area contributed by atoms with Crippen molar-refractivity contribution in [2.45, 2.75) is 25.8 Å². The molecule has 4 nitrogen and oxygen atoms in total. The van der Waals surface area contributed by atoms with E-state index in [1.807, 2.05) is 0 Å². The van der Waals surface area contributed by atoms with Crippen molar-refractivity contribution in [2.75, 3.05) is 25.0 Å². The van der Waals surface area contributed by atoms with Gasteiger partial charge in [0, 0.05) is 25.0 Å². The molecule has 88 valence electrons. The van der Waals surface area contributed by atoms with Crippen LogP contribution in [0.1, 0.15) is 19.8 Å². The second-order valence-electron chi connectivity index (χ2n) is 4.28. The largest absolute Gasteiger partial charge is 0.350 e. The van der Waals surface area contributed by atoms with E-state index in [1.54, 1.807) is 12.4 Å². The molecule has 1 aliphatic rings. The summed E-state index contributed by atoms with van der Waals surface area (Å²) >= 11 is 3.32. The van der Waals surface area contributed by atoms with Gasteiger partial charge in [0.1, 0.15) is 0 Å².